The summed E-state index contributed by atoms with van der Waals surface area (Å²) in [5, 5.41) is 6.41. The van der Waals surface area contributed by atoms with Crippen LogP contribution in [-0.4, -0.2) is 39.6 Å². The summed E-state index contributed by atoms with van der Waals surface area (Å²) >= 11 is 1.62. The largest absolute Gasteiger partial charge is 0.366 e. The molecule has 16 heavy (non-hydrogen) atoms. The van der Waals surface area contributed by atoms with Crippen LogP contribution in [-0.2, 0) is 0 Å². The van der Waals surface area contributed by atoms with Crippen LogP contribution in [0.2, 0.25) is 0 Å². The van der Waals surface area contributed by atoms with Gasteiger partial charge in [0.25, 0.3) is 0 Å². The van der Waals surface area contributed by atoms with Crippen molar-refractivity contribution in [3.8, 4) is 0 Å². The lowest BCUT2D eigenvalue weighted by molar-refractivity contribution is 0.247. The maximum absolute atomic E-state index is 5.61. The van der Waals surface area contributed by atoms with Gasteiger partial charge in [-0.25, -0.2) is 4.52 Å². The molecule has 1 unspecified atom stereocenters. The van der Waals surface area contributed by atoms with E-state index in [4.69, 9.17) is 5.73 Å². The van der Waals surface area contributed by atoms with E-state index < -0.39 is 0 Å². The van der Waals surface area contributed by atoms with Crippen LogP contribution < -0.4 is 5.73 Å². The summed E-state index contributed by atoms with van der Waals surface area (Å²) in [6.07, 6.45) is 2.48. The number of nitrogens with zero attached hydrogens (tertiary/aromatic N) is 4. The number of fused-ring (bicyclic) bond motifs is 1. The number of nitrogens with two attached hydrogens (primary N) is 1. The minimum atomic E-state index is 0.372. The Morgan fingerprint density at radius 2 is 2.44 bits per heavy atom. The van der Waals surface area contributed by atoms with Crippen molar-refractivity contribution in [2.24, 2.45) is 0 Å². The van der Waals surface area contributed by atoms with Gasteiger partial charge in [-0.05, 0) is 26.4 Å². The van der Waals surface area contributed by atoms with Crippen LogP contribution in [0.4, 0.5) is 5.95 Å². The zero-order valence-corrected chi connectivity index (χ0v) is 10.1. The molecular formula is C10H15N5S. The maximum Gasteiger partial charge on any atom is 0.241 e. The molecule has 0 radical (unpaired) electrons. The Labute approximate surface area is 97.9 Å². The van der Waals surface area contributed by atoms with Crippen LogP contribution >= 0.6 is 11.3 Å². The van der Waals surface area contributed by atoms with Crippen molar-refractivity contribution in [3.63, 3.8) is 0 Å². The molecular weight excluding hydrogens is 222 g/mol. The van der Waals surface area contributed by atoms with E-state index in [9.17, 15) is 0 Å². The second kappa shape index (κ2) is 3.71. The summed E-state index contributed by atoms with van der Waals surface area (Å²) in [6.45, 7) is 2.30. The number of aromatic nitrogens is 3. The third-order valence-corrected chi connectivity index (χ3v) is 4.00. The molecule has 0 spiro atoms. The topological polar surface area (TPSA) is 59.5 Å². The van der Waals surface area contributed by atoms with Crippen LogP contribution in [0.3, 0.4) is 0 Å². The molecule has 0 amide bonds. The summed E-state index contributed by atoms with van der Waals surface area (Å²) in [5.74, 6) is 0.936. The fourth-order valence-electron chi connectivity index (χ4n) is 2.40. The van der Waals surface area contributed by atoms with Gasteiger partial charge in [-0.1, -0.05) is 0 Å². The first-order valence-corrected chi connectivity index (χ1v) is 6.40. The third-order valence-electron chi connectivity index (χ3n) is 3.17. The van der Waals surface area contributed by atoms with E-state index in [2.05, 4.69) is 27.4 Å². The van der Waals surface area contributed by atoms with E-state index in [1.54, 1.807) is 11.3 Å². The van der Waals surface area contributed by atoms with Crippen molar-refractivity contribution in [1.29, 1.82) is 0 Å². The van der Waals surface area contributed by atoms with Crippen LogP contribution in [0.1, 0.15) is 24.5 Å². The Hall–Kier alpha value is -1.14. The van der Waals surface area contributed by atoms with E-state index in [1.165, 1.54) is 25.1 Å². The Morgan fingerprint density at radius 3 is 3.25 bits per heavy atom. The lowest BCUT2D eigenvalue weighted by atomic mass is 9.96. The summed E-state index contributed by atoms with van der Waals surface area (Å²) in [7, 11) is 2.17. The number of hydrogen-bond acceptors (Lipinski definition) is 5. The molecule has 1 atom stereocenters. The molecule has 0 aromatic carbocycles. The molecule has 3 heterocycles. The molecule has 1 fully saturated rings. The van der Waals surface area contributed by atoms with Crippen molar-refractivity contribution < 1.29 is 0 Å². The smallest absolute Gasteiger partial charge is 0.241 e. The van der Waals surface area contributed by atoms with Gasteiger partial charge < -0.3 is 10.6 Å². The molecule has 1 aliphatic heterocycles. The number of hydrogen-bond donors (Lipinski definition) is 1. The van der Waals surface area contributed by atoms with Gasteiger partial charge in [0.2, 0.25) is 10.9 Å². The van der Waals surface area contributed by atoms with E-state index in [1.807, 2.05) is 4.52 Å². The lowest BCUT2D eigenvalue weighted by Gasteiger charge is -2.28. The monoisotopic (exact) mass is 237 g/mol. The minimum absolute atomic E-state index is 0.372. The lowest BCUT2D eigenvalue weighted by Crippen LogP contribution is -2.31. The molecule has 0 aliphatic carbocycles. The van der Waals surface area contributed by atoms with Gasteiger partial charge in [0.05, 0.1) is 5.69 Å². The summed E-state index contributed by atoms with van der Waals surface area (Å²) in [6, 6.07) is 0. The van der Waals surface area contributed by atoms with Gasteiger partial charge in [0.15, 0.2) is 0 Å². The summed E-state index contributed by atoms with van der Waals surface area (Å²) in [5.41, 5.74) is 6.87. The second-order valence-electron chi connectivity index (χ2n) is 4.43. The number of thiazole rings is 1. The van der Waals surface area contributed by atoms with Gasteiger partial charge in [-0.15, -0.1) is 16.4 Å². The molecule has 6 heteroatoms. The SMILES string of the molecule is CN1CCCC(c2csc3nc(N)nn23)C1. The molecule has 2 aromatic rings. The summed E-state index contributed by atoms with van der Waals surface area (Å²) < 4.78 is 1.91. The van der Waals surface area contributed by atoms with E-state index >= 15 is 0 Å². The highest BCUT2D eigenvalue weighted by Gasteiger charge is 2.22. The molecule has 0 saturated carbocycles. The average molecular weight is 237 g/mol. The second-order valence-corrected chi connectivity index (χ2v) is 5.26. The predicted molar refractivity (Wildman–Crippen MR) is 64.7 cm³/mol. The number of likely N-dealkylation sites (N-methyl/N-ethyl adjacent to an activating group) is 1. The zero-order chi connectivity index (χ0) is 11.1. The van der Waals surface area contributed by atoms with E-state index in [-0.39, 0.29) is 0 Å². The van der Waals surface area contributed by atoms with Crippen molar-refractivity contribution >= 4 is 22.2 Å². The number of likely N-dealkylation sites (tertiary alicyclic amines) is 1. The minimum Gasteiger partial charge on any atom is -0.366 e. The number of nitrogen functional groups attached to an aromatic ring is 1. The molecule has 1 saturated heterocycles. The first-order valence-electron chi connectivity index (χ1n) is 5.52. The quantitative estimate of drug-likeness (QED) is 0.809. The molecule has 86 valence electrons. The van der Waals surface area contributed by atoms with Gasteiger partial charge in [-0.2, -0.15) is 4.98 Å². The molecule has 1 aliphatic rings. The van der Waals surface area contributed by atoms with E-state index in [0.29, 0.717) is 11.9 Å². The van der Waals surface area contributed by atoms with Crippen LogP contribution in [0.5, 0.6) is 0 Å². The Morgan fingerprint density at radius 1 is 1.56 bits per heavy atom. The van der Waals surface area contributed by atoms with Gasteiger partial charge in [0.1, 0.15) is 0 Å². The fourth-order valence-corrected chi connectivity index (χ4v) is 3.31. The Bertz CT molecular complexity index is 502. The third kappa shape index (κ3) is 1.58. The molecule has 3 rings (SSSR count). The molecule has 5 nitrogen and oxygen atoms in total. The first kappa shape index (κ1) is 10.0. The highest BCUT2D eigenvalue weighted by molar-refractivity contribution is 7.15. The number of rotatable bonds is 1. The zero-order valence-electron chi connectivity index (χ0n) is 9.26. The van der Waals surface area contributed by atoms with Gasteiger partial charge in [-0.3, -0.25) is 0 Å². The van der Waals surface area contributed by atoms with Gasteiger partial charge >= 0.3 is 0 Å². The van der Waals surface area contributed by atoms with Crippen LogP contribution in [0.25, 0.3) is 4.96 Å². The van der Waals surface area contributed by atoms with Crippen molar-refractivity contribution in [2.45, 2.75) is 18.8 Å². The highest BCUT2D eigenvalue weighted by Crippen LogP contribution is 2.29. The molecule has 2 N–H and O–H groups in total. The molecule has 0 bridgehead atoms. The molecule has 2 aromatic heterocycles. The normalized spacial score (nSPS) is 22.9. The Balaban J connectivity index is 1.98. The van der Waals surface area contributed by atoms with Crippen molar-refractivity contribution in [1.82, 2.24) is 19.5 Å². The number of piperidine rings is 1. The average Bonchev–Trinajstić information content (AvgIpc) is 2.76. The summed E-state index contributed by atoms with van der Waals surface area (Å²) in [4.78, 5) is 7.46. The van der Waals surface area contributed by atoms with Crippen molar-refractivity contribution in [3.05, 3.63) is 11.1 Å². The number of anilines is 1. The fraction of sp³-hybridized carbons (Fsp3) is 0.600. The highest BCUT2D eigenvalue weighted by atomic mass is 32.1. The maximum atomic E-state index is 5.61. The van der Waals surface area contributed by atoms with Crippen molar-refractivity contribution in [2.75, 3.05) is 25.9 Å². The predicted octanol–water partition coefficient (Wildman–Crippen LogP) is 1.18. The van der Waals surface area contributed by atoms with E-state index in [0.717, 1.165) is 11.5 Å². The van der Waals surface area contributed by atoms with Crippen LogP contribution in [0, 0.1) is 0 Å². The first-order chi connectivity index (χ1) is 7.74. The standard InChI is InChI=1S/C10H15N5S/c1-14-4-2-3-7(5-14)8-6-16-10-12-9(11)13-15(8)10/h6-7H,2-5H2,1H3,(H2,11,13). The Kier molecular flexibility index (Phi) is 2.33. The van der Waals surface area contributed by atoms with Crippen LogP contribution in [0.15, 0.2) is 5.38 Å². The van der Waals surface area contributed by atoms with Gasteiger partial charge in [0, 0.05) is 17.8 Å².